The van der Waals surface area contributed by atoms with Crippen molar-refractivity contribution >= 4 is 28.5 Å². The lowest BCUT2D eigenvalue weighted by molar-refractivity contribution is -0.144. The first-order chi connectivity index (χ1) is 20.5. The SMILES string of the molecule is CN(C(=O)/C=C/CC(C)(C)N)[C@H](C#Cc1ccc2ccccc2c1)C(=O)N(C)[C@H](Cc1ccccc1)C(=O)NCC1CC1. The minimum absolute atomic E-state index is 0.216. The van der Waals surface area contributed by atoms with Crippen LogP contribution in [-0.2, 0) is 20.8 Å². The van der Waals surface area contributed by atoms with Gasteiger partial charge in [-0.15, -0.1) is 0 Å². The van der Waals surface area contributed by atoms with Gasteiger partial charge in [0.05, 0.1) is 0 Å². The highest BCUT2D eigenvalue weighted by Gasteiger charge is 2.34. The highest BCUT2D eigenvalue weighted by Crippen LogP contribution is 2.27. The van der Waals surface area contributed by atoms with Crippen molar-refractivity contribution in [3.05, 3.63) is 96.1 Å². The van der Waals surface area contributed by atoms with Crippen molar-refractivity contribution in [1.82, 2.24) is 15.1 Å². The summed E-state index contributed by atoms with van der Waals surface area (Å²) in [5.74, 6) is 5.66. The van der Waals surface area contributed by atoms with Crippen LogP contribution in [0.5, 0.6) is 0 Å². The van der Waals surface area contributed by atoms with E-state index >= 15 is 0 Å². The van der Waals surface area contributed by atoms with Gasteiger partial charge in [0.15, 0.2) is 6.04 Å². The molecule has 3 amide bonds. The number of nitrogens with two attached hydrogens (primary N) is 1. The van der Waals surface area contributed by atoms with Crippen LogP contribution in [0.25, 0.3) is 10.8 Å². The molecular formula is C36H42N4O3. The molecule has 0 heterocycles. The maximum Gasteiger partial charge on any atom is 0.258 e. The van der Waals surface area contributed by atoms with Gasteiger partial charge in [0.25, 0.3) is 5.91 Å². The molecule has 0 bridgehead atoms. The van der Waals surface area contributed by atoms with Gasteiger partial charge in [-0.3, -0.25) is 14.4 Å². The number of carbonyl (C=O) groups is 3. The van der Waals surface area contributed by atoms with E-state index in [1.165, 1.54) is 15.9 Å². The van der Waals surface area contributed by atoms with E-state index in [4.69, 9.17) is 5.73 Å². The van der Waals surface area contributed by atoms with Crippen LogP contribution in [-0.4, -0.2) is 65.8 Å². The van der Waals surface area contributed by atoms with E-state index in [0.717, 1.165) is 34.7 Å². The van der Waals surface area contributed by atoms with Crippen LogP contribution in [0.4, 0.5) is 0 Å². The van der Waals surface area contributed by atoms with E-state index in [2.05, 4.69) is 17.2 Å². The molecule has 3 N–H and O–H groups in total. The Morgan fingerprint density at radius 3 is 2.33 bits per heavy atom. The van der Waals surface area contributed by atoms with Crippen LogP contribution in [0.2, 0.25) is 0 Å². The molecule has 0 unspecified atom stereocenters. The van der Waals surface area contributed by atoms with E-state index in [-0.39, 0.29) is 11.8 Å². The Labute approximate surface area is 255 Å². The van der Waals surface area contributed by atoms with Crippen molar-refractivity contribution in [1.29, 1.82) is 0 Å². The van der Waals surface area contributed by atoms with Gasteiger partial charge in [0.2, 0.25) is 11.8 Å². The number of rotatable bonds is 11. The Morgan fingerprint density at radius 1 is 0.977 bits per heavy atom. The van der Waals surface area contributed by atoms with Crippen LogP contribution in [0.3, 0.4) is 0 Å². The van der Waals surface area contributed by atoms with Gasteiger partial charge in [0, 0.05) is 38.2 Å². The smallest absolute Gasteiger partial charge is 0.258 e. The van der Waals surface area contributed by atoms with Crippen molar-refractivity contribution < 1.29 is 14.4 Å². The fraction of sp³-hybridized carbons (Fsp3) is 0.361. The maximum atomic E-state index is 14.1. The highest BCUT2D eigenvalue weighted by atomic mass is 16.2. The molecule has 7 heteroatoms. The first kappa shape index (κ1) is 31.5. The fourth-order valence-electron chi connectivity index (χ4n) is 4.73. The number of hydrogen-bond acceptors (Lipinski definition) is 4. The third-order valence-electron chi connectivity index (χ3n) is 7.63. The number of amides is 3. The summed E-state index contributed by atoms with van der Waals surface area (Å²) in [6.07, 6.45) is 6.18. The van der Waals surface area contributed by atoms with Crippen molar-refractivity contribution in [2.45, 2.75) is 57.2 Å². The second kappa shape index (κ2) is 14.2. The molecule has 4 rings (SSSR count). The molecule has 224 valence electrons. The normalized spacial score (nSPS) is 14.4. The molecule has 1 fully saturated rings. The maximum absolute atomic E-state index is 14.1. The molecular weight excluding hydrogens is 536 g/mol. The lowest BCUT2D eigenvalue weighted by Crippen LogP contribution is -2.55. The summed E-state index contributed by atoms with van der Waals surface area (Å²) in [6, 6.07) is 21.5. The molecule has 1 aliphatic rings. The van der Waals surface area contributed by atoms with E-state index in [1.54, 1.807) is 20.2 Å². The van der Waals surface area contributed by atoms with Gasteiger partial charge in [-0.2, -0.15) is 0 Å². The molecule has 7 nitrogen and oxygen atoms in total. The number of nitrogens with one attached hydrogen (secondary N) is 1. The first-order valence-electron chi connectivity index (χ1n) is 14.8. The topological polar surface area (TPSA) is 95.7 Å². The van der Waals surface area contributed by atoms with Crippen molar-refractivity contribution in [3.8, 4) is 11.8 Å². The number of carbonyl (C=O) groups excluding carboxylic acids is 3. The Hall–Kier alpha value is -4.41. The predicted molar refractivity (Wildman–Crippen MR) is 172 cm³/mol. The minimum atomic E-state index is -1.12. The van der Waals surface area contributed by atoms with E-state index < -0.39 is 23.5 Å². The Kier molecular flexibility index (Phi) is 10.4. The molecule has 43 heavy (non-hydrogen) atoms. The summed E-state index contributed by atoms with van der Waals surface area (Å²) >= 11 is 0. The van der Waals surface area contributed by atoms with Gasteiger partial charge >= 0.3 is 0 Å². The number of nitrogens with zero attached hydrogens (tertiary/aromatic N) is 2. The summed E-state index contributed by atoms with van der Waals surface area (Å²) < 4.78 is 0. The molecule has 0 radical (unpaired) electrons. The van der Waals surface area contributed by atoms with E-state index in [1.807, 2.05) is 86.6 Å². The lowest BCUT2D eigenvalue weighted by atomic mass is 10.0. The largest absolute Gasteiger partial charge is 0.354 e. The number of benzene rings is 3. The Bertz CT molecular complexity index is 1530. The van der Waals surface area contributed by atoms with Crippen molar-refractivity contribution in [2.24, 2.45) is 11.7 Å². The van der Waals surface area contributed by atoms with Crippen LogP contribution in [0.1, 0.15) is 44.2 Å². The summed E-state index contributed by atoms with van der Waals surface area (Å²) in [4.78, 5) is 43.6. The highest BCUT2D eigenvalue weighted by molar-refractivity contribution is 5.96. The minimum Gasteiger partial charge on any atom is -0.354 e. The molecule has 1 aliphatic carbocycles. The Balaban J connectivity index is 1.64. The second-order valence-electron chi connectivity index (χ2n) is 12.1. The van der Waals surface area contributed by atoms with Crippen LogP contribution in [0, 0.1) is 17.8 Å². The summed E-state index contributed by atoms with van der Waals surface area (Å²) in [7, 11) is 3.17. The van der Waals surface area contributed by atoms with E-state index in [9.17, 15) is 14.4 Å². The molecule has 0 spiro atoms. The summed E-state index contributed by atoms with van der Waals surface area (Å²) in [6.45, 7) is 4.35. The molecule has 0 aromatic heterocycles. The van der Waals surface area contributed by atoms with Crippen LogP contribution in [0.15, 0.2) is 84.9 Å². The van der Waals surface area contributed by atoms with Crippen LogP contribution < -0.4 is 11.1 Å². The predicted octanol–water partition coefficient (Wildman–Crippen LogP) is 4.30. The number of likely N-dealkylation sites (N-methyl/N-ethyl adjacent to an activating group) is 2. The quantitative estimate of drug-likeness (QED) is 0.262. The van der Waals surface area contributed by atoms with Gasteiger partial charge in [0.1, 0.15) is 6.04 Å². The molecule has 0 saturated heterocycles. The van der Waals surface area contributed by atoms with Gasteiger partial charge in [-0.1, -0.05) is 78.6 Å². The molecule has 3 aromatic rings. The number of fused-ring (bicyclic) bond motifs is 1. The molecule has 2 atom stereocenters. The van der Waals surface area contributed by atoms with Gasteiger partial charge in [-0.05, 0) is 73.6 Å². The summed E-state index contributed by atoms with van der Waals surface area (Å²) in [5.41, 5.74) is 7.26. The second-order valence-corrected chi connectivity index (χ2v) is 12.1. The number of hydrogen-bond donors (Lipinski definition) is 2. The zero-order valence-electron chi connectivity index (χ0n) is 25.5. The monoisotopic (exact) mass is 578 g/mol. The Morgan fingerprint density at radius 2 is 1.65 bits per heavy atom. The average molecular weight is 579 g/mol. The third-order valence-corrected chi connectivity index (χ3v) is 7.63. The van der Waals surface area contributed by atoms with Gasteiger partial charge in [-0.25, -0.2) is 0 Å². The molecule has 1 saturated carbocycles. The van der Waals surface area contributed by atoms with Crippen molar-refractivity contribution in [2.75, 3.05) is 20.6 Å². The van der Waals surface area contributed by atoms with Crippen LogP contribution >= 0.6 is 0 Å². The molecule has 0 aliphatic heterocycles. The van der Waals surface area contributed by atoms with Crippen molar-refractivity contribution in [3.63, 3.8) is 0 Å². The van der Waals surface area contributed by atoms with E-state index in [0.29, 0.717) is 25.3 Å². The standard InChI is InChI=1S/C36H42N4O3/c1-36(2,37)22-10-15-33(41)39(3)31(21-19-27-18-20-29-13-8-9-14-30(29)23-27)35(43)40(4)32(24-26-11-6-5-7-12-26)34(42)38-25-28-16-17-28/h5-15,18,20,23,28,31-32H,16-17,22,24-25,37H2,1-4H3,(H,38,42)/b15-10+/t31-,32-/m1/s1. The zero-order valence-corrected chi connectivity index (χ0v) is 25.5. The zero-order chi connectivity index (χ0) is 31.0. The third kappa shape index (κ3) is 9.29. The fourth-order valence-corrected chi connectivity index (χ4v) is 4.73. The lowest BCUT2D eigenvalue weighted by Gasteiger charge is -2.32. The first-order valence-corrected chi connectivity index (χ1v) is 14.8. The van der Waals surface area contributed by atoms with Gasteiger partial charge < -0.3 is 20.9 Å². The average Bonchev–Trinajstić information content (AvgIpc) is 3.82. The molecule has 3 aromatic carbocycles. The summed E-state index contributed by atoms with van der Waals surface area (Å²) in [5, 5.41) is 5.15.